The largest absolute Gasteiger partial charge is 0.444 e. The zero-order chi connectivity index (χ0) is 16.9. The lowest BCUT2D eigenvalue weighted by atomic mass is 10.0. The number of hydrogen-bond acceptors (Lipinski definition) is 3. The Kier molecular flexibility index (Phi) is 5.40. The number of aliphatic hydroxyl groups excluding tert-OH is 1. The van der Waals surface area contributed by atoms with Crippen molar-refractivity contribution in [3.8, 4) is 11.1 Å². The van der Waals surface area contributed by atoms with Crippen LogP contribution in [0.2, 0.25) is 0 Å². The number of amides is 1. The number of nitrogens with one attached hydrogen (secondary N) is 1. The van der Waals surface area contributed by atoms with Crippen LogP contribution in [0.1, 0.15) is 31.9 Å². The molecule has 0 fully saturated rings. The molecule has 4 nitrogen and oxygen atoms in total. The van der Waals surface area contributed by atoms with Gasteiger partial charge in [-0.15, -0.1) is 0 Å². The number of alkyl carbamates (subject to hydrolysis) is 1. The van der Waals surface area contributed by atoms with Crippen molar-refractivity contribution in [2.45, 2.75) is 39.5 Å². The molecule has 4 heteroatoms. The molecule has 0 aliphatic carbocycles. The van der Waals surface area contributed by atoms with Crippen LogP contribution < -0.4 is 5.32 Å². The van der Waals surface area contributed by atoms with Crippen LogP contribution in [0.3, 0.4) is 0 Å². The van der Waals surface area contributed by atoms with Gasteiger partial charge in [-0.1, -0.05) is 42.5 Å². The summed E-state index contributed by atoms with van der Waals surface area (Å²) in [5, 5.41) is 11.9. The van der Waals surface area contributed by atoms with Gasteiger partial charge in [-0.3, -0.25) is 0 Å². The molecule has 0 aromatic heterocycles. The van der Waals surface area contributed by atoms with Gasteiger partial charge in [0.25, 0.3) is 0 Å². The first-order valence-electron chi connectivity index (χ1n) is 7.63. The Morgan fingerprint density at radius 1 is 1.04 bits per heavy atom. The molecule has 2 aromatic carbocycles. The second-order valence-corrected chi connectivity index (χ2v) is 6.41. The highest BCUT2D eigenvalue weighted by Crippen LogP contribution is 2.21. The summed E-state index contributed by atoms with van der Waals surface area (Å²) in [6.45, 7) is 5.96. The Hall–Kier alpha value is -2.33. The summed E-state index contributed by atoms with van der Waals surface area (Å²) in [5.74, 6) is 0. The molecular formula is C19H23NO3. The van der Waals surface area contributed by atoms with Gasteiger partial charge < -0.3 is 15.2 Å². The lowest BCUT2D eigenvalue weighted by molar-refractivity contribution is 0.0523. The van der Waals surface area contributed by atoms with E-state index < -0.39 is 11.7 Å². The minimum atomic E-state index is -0.494. The van der Waals surface area contributed by atoms with E-state index in [2.05, 4.69) is 5.32 Å². The molecule has 0 heterocycles. The Morgan fingerprint density at radius 3 is 2.35 bits per heavy atom. The summed E-state index contributed by atoms with van der Waals surface area (Å²) in [4.78, 5) is 11.6. The smallest absolute Gasteiger partial charge is 0.407 e. The summed E-state index contributed by atoms with van der Waals surface area (Å²) in [5.41, 5.74) is 3.52. The third-order valence-electron chi connectivity index (χ3n) is 3.23. The lowest BCUT2D eigenvalue weighted by Gasteiger charge is -2.19. The molecule has 0 bridgehead atoms. The maximum absolute atomic E-state index is 11.6. The van der Waals surface area contributed by atoms with Crippen LogP contribution in [0.4, 0.5) is 4.79 Å². The van der Waals surface area contributed by atoms with Crippen molar-refractivity contribution < 1.29 is 14.6 Å². The molecule has 0 aliphatic rings. The minimum absolute atomic E-state index is 0.0335. The molecule has 0 aliphatic heterocycles. The third kappa shape index (κ3) is 5.42. The Labute approximate surface area is 137 Å². The molecule has 0 saturated heterocycles. The molecule has 23 heavy (non-hydrogen) atoms. The van der Waals surface area contributed by atoms with E-state index in [1.807, 2.05) is 69.3 Å². The predicted octanol–water partition coefficient (Wildman–Crippen LogP) is 3.87. The molecular weight excluding hydrogens is 290 g/mol. The van der Waals surface area contributed by atoms with Gasteiger partial charge >= 0.3 is 6.09 Å². The molecule has 0 spiro atoms. The van der Waals surface area contributed by atoms with Crippen LogP contribution in [0.15, 0.2) is 48.5 Å². The molecule has 2 aromatic rings. The second kappa shape index (κ2) is 7.29. The first-order chi connectivity index (χ1) is 10.9. The van der Waals surface area contributed by atoms with Crippen LogP contribution in [-0.4, -0.2) is 16.8 Å². The standard InChI is InChI=1S/C19H23NO3/c1-19(2,3)23-18(22)20-12-14-7-9-16(10-8-14)17-6-4-5-15(11-17)13-21/h4-11,21H,12-13H2,1-3H3,(H,20,22). The predicted molar refractivity (Wildman–Crippen MR) is 90.9 cm³/mol. The first kappa shape index (κ1) is 17.0. The highest BCUT2D eigenvalue weighted by atomic mass is 16.6. The van der Waals surface area contributed by atoms with Gasteiger partial charge in [0.05, 0.1) is 6.61 Å². The average molecular weight is 313 g/mol. The Morgan fingerprint density at radius 2 is 1.74 bits per heavy atom. The number of ether oxygens (including phenoxy) is 1. The quantitative estimate of drug-likeness (QED) is 0.901. The van der Waals surface area contributed by atoms with Gasteiger partial charge in [-0.25, -0.2) is 4.79 Å². The summed E-state index contributed by atoms with van der Waals surface area (Å²) in [7, 11) is 0. The van der Waals surface area contributed by atoms with E-state index in [1.54, 1.807) is 0 Å². The van der Waals surface area contributed by atoms with E-state index in [1.165, 1.54) is 0 Å². The van der Waals surface area contributed by atoms with E-state index in [0.717, 1.165) is 22.3 Å². The molecule has 0 atom stereocenters. The average Bonchev–Trinajstić information content (AvgIpc) is 2.52. The van der Waals surface area contributed by atoms with Crippen molar-refractivity contribution in [1.82, 2.24) is 5.32 Å². The fourth-order valence-corrected chi connectivity index (χ4v) is 2.15. The first-order valence-corrected chi connectivity index (χ1v) is 7.63. The number of carbonyl (C=O) groups is 1. The maximum Gasteiger partial charge on any atom is 0.407 e. The van der Waals surface area contributed by atoms with Gasteiger partial charge in [-0.2, -0.15) is 0 Å². The van der Waals surface area contributed by atoms with Gasteiger partial charge in [-0.05, 0) is 49.1 Å². The van der Waals surface area contributed by atoms with Crippen LogP contribution >= 0.6 is 0 Å². The fourth-order valence-electron chi connectivity index (χ4n) is 2.15. The van der Waals surface area contributed by atoms with Crippen LogP contribution in [0.25, 0.3) is 11.1 Å². The van der Waals surface area contributed by atoms with Gasteiger partial charge in [0.1, 0.15) is 5.60 Å². The summed E-state index contributed by atoms with van der Waals surface area (Å²) in [6, 6.07) is 15.7. The number of aliphatic hydroxyl groups is 1. The summed E-state index contributed by atoms with van der Waals surface area (Å²) < 4.78 is 5.20. The second-order valence-electron chi connectivity index (χ2n) is 6.41. The molecule has 0 unspecified atom stereocenters. The SMILES string of the molecule is CC(C)(C)OC(=O)NCc1ccc(-c2cccc(CO)c2)cc1. The summed E-state index contributed by atoms with van der Waals surface area (Å²) >= 11 is 0. The number of benzene rings is 2. The van der Waals surface area contributed by atoms with Gasteiger partial charge in [0.2, 0.25) is 0 Å². The molecule has 1 amide bonds. The van der Waals surface area contributed by atoms with E-state index in [-0.39, 0.29) is 6.61 Å². The van der Waals surface area contributed by atoms with E-state index >= 15 is 0 Å². The monoisotopic (exact) mass is 313 g/mol. The van der Waals surface area contributed by atoms with Gasteiger partial charge in [0, 0.05) is 6.54 Å². The fraction of sp³-hybridized carbons (Fsp3) is 0.316. The van der Waals surface area contributed by atoms with Crippen molar-refractivity contribution in [2.75, 3.05) is 0 Å². The van der Waals surface area contributed by atoms with Crippen molar-refractivity contribution in [2.24, 2.45) is 0 Å². The number of rotatable bonds is 4. The third-order valence-corrected chi connectivity index (χ3v) is 3.23. The van der Waals surface area contributed by atoms with Crippen molar-refractivity contribution in [3.63, 3.8) is 0 Å². The topological polar surface area (TPSA) is 58.6 Å². The van der Waals surface area contributed by atoms with E-state index in [0.29, 0.717) is 6.54 Å². The van der Waals surface area contributed by atoms with Crippen LogP contribution in [0, 0.1) is 0 Å². The lowest BCUT2D eigenvalue weighted by Crippen LogP contribution is -2.32. The highest BCUT2D eigenvalue weighted by Gasteiger charge is 2.15. The van der Waals surface area contributed by atoms with E-state index in [4.69, 9.17) is 4.74 Å². The molecule has 2 rings (SSSR count). The number of carbonyl (C=O) groups excluding carboxylic acids is 1. The molecule has 122 valence electrons. The van der Waals surface area contributed by atoms with Gasteiger partial charge in [0.15, 0.2) is 0 Å². The van der Waals surface area contributed by atoms with Crippen molar-refractivity contribution >= 4 is 6.09 Å². The highest BCUT2D eigenvalue weighted by molar-refractivity contribution is 5.68. The van der Waals surface area contributed by atoms with Crippen molar-refractivity contribution in [3.05, 3.63) is 59.7 Å². The van der Waals surface area contributed by atoms with Crippen LogP contribution in [0.5, 0.6) is 0 Å². The molecule has 0 saturated carbocycles. The minimum Gasteiger partial charge on any atom is -0.444 e. The number of hydrogen-bond donors (Lipinski definition) is 2. The Bertz CT molecular complexity index is 657. The normalized spacial score (nSPS) is 11.1. The molecule has 2 N–H and O–H groups in total. The van der Waals surface area contributed by atoms with E-state index in [9.17, 15) is 9.90 Å². The zero-order valence-electron chi connectivity index (χ0n) is 13.8. The molecule has 0 radical (unpaired) electrons. The zero-order valence-corrected chi connectivity index (χ0v) is 13.8. The van der Waals surface area contributed by atoms with Crippen LogP contribution in [-0.2, 0) is 17.9 Å². The summed E-state index contributed by atoms with van der Waals surface area (Å²) in [6.07, 6.45) is -0.419. The Balaban J connectivity index is 1.98. The van der Waals surface area contributed by atoms with Crippen molar-refractivity contribution in [1.29, 1.82) is 0 Å². The maximum atomic E-state index is 11.6.